The van der Waals surface area contributed by atoms with Crippen molar-refractivity contribution in [2.75, 3.05) is 12.3 Å². The Morgan fingerprint density at radius 3 is 2.71 bits per heavy atom. The van der Waals surface area contributed by atoms with E-state index in [9.17, 15) is 12.8 Å². The average Bonchev–Trinajstić information content (AvgIpc) is 3.14. The van der Waals surface area contributed by atoms with Crippen molar-refractivity contribution in [3.8, 4) is 0 Å². The Kier molecular flexibility index (Phi) is 3.85. The molecule has 1 aliphatic heterocycles. The number of nitrogen functional groups attached to an aromatic ring is 1. The minimum absolute atomic E-state index is 0.0793. The lowest BCUT2D eigenvalue weighted by molar-refractivity contribution is 0.0848. The van der Waals surface area contributed by atoms with Gasteiger partial charge >= 0.3 is 0 Å². The van der Waals surface area contributed by atoms with Crippen molar-refractivity contribution in [1.82, 2.24) is 4.72 Å². The van der Waals surface area contributed by atoms with Gasteiger partial charge in [-0.3, -0.25) is 0 Å². The number of hydrogen-bond donors (Lipinski definition) is 2. The van der Waals surface area contributed by atoms with Crippen molar-refractivity contribution in [3.05, 3.63) is 23.0 Å². The van der Waals surface area contributed by atoms with Gasteiger partial charge < -0.3 is 10.5 Å². The molecule has 1 saturated carbocycles. The largest absolute Gasteiger partial charge is 0.396 e. The maximum atomic E-state index is 14.0. The zero-order valence-corrected chi connectivity index (χ0v) is 12.8. The number of halogens is 2. The molecule has 1 heterocycles. The van der Waals surface area contributed by atoms with Gasteiger partial charge in [0.2, 0.25) is 10.0 Å². The summed E-state index contributed by atoms with van der Waals surface area (Å²) >= 11 is 5.77. The number of nitrogens with two attached hydrogens (primary N) is 1. The predicted molar refractivity (Wildman–Crippen MR) is 77.0 cm³/mol. The lowest BCUT2D eigenvalue weighted by Gasteiger charge is -2.20. The zero-order valence-electron chi connectivity index (χ0n) is 11.2. The summed E-state index contributed by atoms with van der Waals surface area (Å²) in [6.45, 7) is 0.508. The first-order valence-electron chi connectivity index (χ1n) is 6.77. The molecule has 2 unspecified atom stereocenters. The van der Waals surface area contributed by atoms with Gasteiger partial charge in [0, 0.05) is 11.6 Å². The summed E-state index contributed by atoms with van der Waals surface area (Å²) in [5, 5.41) is 0.0793. The molecule has 2 aliphatic rings. The number of anilines is 1. The van der Waals surface area contributed by atoms with Crippen molar-refractivity contribution >= 4 is 27.3 Å². The first-order chi connectivity index (χ1) is 9.88. The molecule has 116 valence electrons. The molecule has 0 spiro atoms. The van der Waals surface area contributed by atoms with Gasteiger partial charge in [-0.2, -0.15) is 0 Å². The summed E-state index contributed by atoms with van der Waals surface area (Å²) in [6.07, 6.45) is 2.54. The van der Waals surface area contributed by atoms with Crippen molar-refractivity contribution in [2.45, 2.75) is 36.3 Å². The molecule has 8 heteroatoms. The Morgan fingerprint density at radius 1 is 1.33 bits per heavy atom. The molecule has 3 N–H and O–H groups in total. The molecule has 0 radical (unpaired) electrons. The molecular formula is C13H16ClFN2O3S. The lowest BCUT2D eigenvalue weighted by Crippen LogP contribution is -2.41. The standard InChI is InChI=1S/C13H16ClFN2O3S/c14-8-5-9(16)12(15)11(6-8)21(18,19)17-10-3-4-20-13(10)7-1-2-7/h5-7,10,13,17H,1-4,16H2. The third kappa shape index (κ3) is 3.01. The van der Waals surface area contributed by atoms with Gasteiger partial charge in [-0.05, 0) is 37.3 Å². The molecule has 0 aromatic heterocycles. The molecule has 2 fully saturated rings. The van der Waals surface area contributed by atoms with Crippen LogP contribution in [0.4, 0.5) is 10.1 Å². The smallest absolute Gasteiger partial charge is 0.243 e. The number of ether oxygens (including phenoxy) is 1. The fourth-order valence-corrected chi connectivity index (χ4v) is 4.37. The third-order valence-corrected chi connectivity index (χ3v) is 5.56. The van der Waals surface area contributed by atoms with Crippen LogP contribution in [0, 0.1) is 11.7 Å². The van der Waals surface area contributed by atoms with Crippen molar-refractivity contribution < 1.29 is 17.5 Å². The highest BCUT2D eigenvalue weighted by Crippen LogP contribution is 2.39. The molecule has 1 aliphatic carbocycles. The first kappa shape index (κ1) is 15.0. The van der Waals surface area contributed by atoms with E-state index in [0.29, 0.717) is 18.9 Å². The van der Waals surface area contributed by atoms with Crippen LogP contribution in [0.25, 0.3) is 0 Å². The fourth-order valence-electron chi connectivity index (χ4n) is 2.67. The van der Waals surface area contributed by atoms with E-state index in [1.54, 1.807) is 0 Å². The number of rotatable bonds is 4. The van der Waals surface area contributed by atoms with Crippen molar-refractivity contribution in [2.24, 2.45) is 5.92 Å². The molecule has 2 atom stereocenters. The molecular weight excluding hydrogens is 319 g/mol. The molecule has 0 bridgehead atoms. The summed E-state index contributed by atoms with van der Waals surface area (Å²) < 4.78 is 46.9. The van der Waals surface area contributed by atoms with Crippen LogP contribution in [0.2, 0.25) is 5.02 Å². The molecule has 1 aromatic carbocycles. The summed E-state index contributed by atoms with van der Waals surface area (Å²) in [5.74, 6) is -0.580. The third-order valence-electron chi connectivity index (χ3n) is 3.85. The van der Waals surface area contributed by atoms with Crippen LogP contribution in [-0.4, -0.2) is 27.2 Å². The number of nitrogens with one attached hydrogen (secondary N) is 1. The average molecular weight is 335 g/mol. The second kappa shape index (κ2) is 5.39. The van der Waals surface area contributed by atoms with E-state index in [-0.39, 0.29) is 22.9 Å². The van der Waals surface area contributed by atoms with Crippen LogP contribution in [0.1, 0.15) is 19.3 Å². The normalized spacial score (nSPS) is 26.2. The van der Waals surface area contributed by atoms with Crippen LogP contribution in [-0.2, 0) is 14.8 Å². The van der Waals surface area contributed by atoms with E-state index in [2.05, 4.69) is 4.72 Å². The van der Waals surface area contributed by atoms with E-state index in [1.165, 1.54) is 6.07 Å². The number of sulfonamides is 1. The van der Waals surface area contributed by atoms with E-state index in [4.69, 9.17) is 22.1 Å². The van der Waals surface area contributed by atoms with Crippen LogP contribution in [0.3, 0.4) is 0 Å². The quantitative estimate of drug-likeness (QED) is 0.824. The minimum atomic E-state index is -4.03. The van der Waals surface area contributed by atoms with E-state index < -0.39 is 20.7 Å². The maximum absolute atomic E-state index is 14.0. The summed E-state index contributed by atoms with van der Waals surface area (Å²) in [5.41, 5.74) is 5.15. The highest BCUT2D eigenvalue weighted by Gasteiger charge is 2.42. The molecule has 5 nitrogen and oxygen atoms in total. The Balaban J connectivity index is 1.87. The second-order valence-electron chi connectivity index (χ2n) is 5.50. The SMILES string of the molecule is Nc1cc(Cl)cc(S(=O)(=O)NC2CCOC2C2CC2)c1F. The van der Waals surface area contributed by atoms with Gasteiger partial charge in [-0.15, -0.1) is 0 Å². The van der Waals surface area contributed by atoms with Crippen molar-refractivity contribution in [1.29, 1.82) is 0 Å². The summed E-state index contributed by atoms with van der Waals surface area (Å²) in [7, 11) is -4.03. The van der Waals surface area contributed by atoms with E-state index >= 15 is 0 Å². The molecule has 1 aromatic rings. The highest BCUT2D eigenvalue weighted by molar-refractivity contribution is 7.89. The topological polar surface area (TPSA) is 81.4 Å². The molecule has 3 rings (SSSR count). The Morgan fingerprint density at radius 2 is 2.05 bits per heavy atom. The molecule has 0 amide bonds. The van der Waals surface area contributed by atoms with Gasteiger partial charge in [-0.1, -0.05) is 11.6 Å². The zero-order chi connectivity index (χ0) is 15.2. The molecule has 21 heavy (non-hydrogen) atoms. The summed E-state index contributed by atoms with van der Waals surface area (Å²) in [4.78, 5) is -0.519. The second-order valence-corrected chi connectivity index (χ2v) is 7.62. The van der Waals surface area contributed by atoms with E-state index in [1.807, 2.05) is 0 Å². The predicted octanol–water partition coefficient (Wildman–Crippen LogP) is 1.91. The van der Waals surface area contributed by atoms with Crippen LogP contribution in [0.15, 0.2) is 17.0 Å². The Bertz CT molecular complexity index is 664. The minimum Gasteiger partial charge on any atom is -0.396 e. The Labute approximate surface area is 127 Å². The van der Waals surface area contributed by atoms with Gasteiger partial charge in [0.1, 0.15) is 4.90 Å². The van der Waals surface area contributed by atoms with Crippen LogP contribution >= 0.6 is 11.6 Å². The van der Waals surface area contributed by atoms with Gasteiger partial charge in [0.25, 0.3) is 0 Å². The molecule has 1 saturated heterocycles. The maximum Gasteiger partial charge on any atom is 0.243 e. The lowest BCUT2D eigenvalue weighted by atomic mass is 10.1. The van der Waals surface area contributed by atoms with Crippen LogP contribution < -0.4 is 10.5 Å². The van der Waals surface area contributed by atoms with Crippen molar-refractivity contribution in [3.63, 3.8) is 0 Å². The van der Waals surface area contributed by atoms with Crippen LogP contribution in [0.5, 0.6) is 0 Å². The van der Waals surface area contributed by atoms with Gasteiger partial charge in [0.15, 0.2) is 5.82 Å². The first-order valence-corrected chi connectivity index (χ1v) is 8.63. The summed E-state index contributed by atoms with van der Waals surface area (Å²) in [6, 6.07) is 1.92. The number of benzene rings is 1. The number of hydrogen-bond acceptors (Lipinski definition) is 4. The van der Waals surface area contributed by atoms with E-state index in [0.717, 1.165) is 18.9 Å². The van der Waals surface area contributed by atoms with Gasteiger partial charge in [0.05, 0.1) is 17.8 Å². The van der Waals surface area contributed by atoms with Gasteiger partial charge in [-0.25, -0.2) is 17.5 Å². The Hall–Kier alpha value is -0.890. The fraction of sp³-hybridized carbons (Fsp3) is 0.538. The highest BCUT2D eigenvalue weighted by atomic mass is 35.5. The monoisotopic (exact) mass is 334 g/mol.